The number of ether oxygens (including phenoxy) is 1. The van der Waals surface area contributed by atoms with Crippen LogP contribution in [-0.4, -0.2) is 49.3 Å². The van der Waals surface area contributed by atoms with Crippen LogP contribution in [0.25, 0.3) is 0 Å². The Bertz CT molecular complexity index is 190. The standard InChI is InChI=1S/C12H26N2O/c1-6-11(13-5)8-14-7-10(2)15-12(3,4)9-14/h10-11,13H,6-9H2,1-5H3. The molecule has 1 aliphatic rings. The van der Waals surface area contributed by atoms with Crippen LogP contribution < -0.4 is 5.32 Å². The van der Waals surface area contributed by atoms with Crippen LogP contribution in [0.15, 0.2) is 0 Å². The lowest BCUT2D eigenvalue weighted by Crippen LogP contribution is -2.54. The molecule has 15 heavy (non-hydrogen) atoms. The molecule has 3 heteroatoms. The fraction of sp³-hybridized carbons (Fsp3) is 1.00. The number of nitrogens with one attached hydrogen (secondary N) is 1. The molecule has 1 N–H and O–H groups in total. The molecule has 0 spiro atoms. The van der Waals surface area contributed by atoms with Crippen LogP contribution in [0.4, 0.5) is 0 Å². The van der Waals surface area contributed by atoms with E-state index in [1.807, 2.05) is 7.05 Å². The number of morpholine rings is 1. The number of hydrogen-bond donors (Lipinski definition) is 1. The normalized spacial score (nSPS) is 29.0. The van der Waals surface area contributed by atoms with Gasteiger partial charge in [0.15, 0.2) is 0 Å². The van der Waals surface area contributed by atoms with Gasteiger partial charge < -0.3 is 10.1 Å². The second-order valence-corrected chi connectivity index (χ2v) is 5.28. The van der Waals surface area contributed by atoms with E-state index in [1.165, 1.54) is 6.42 Å². The predicted molar refractivity (Wildman–Crippen MR) is 64.2 cm³/mol. The minimum atomic E-state index is 0.00367. The van der Waals surface area contributed by atoms with Crippen LogP contribution in [-0.2, 0) is 4.74 Å². The minimum absolute atomic E-state index is 0.00367. The maximum atomic E-state index is 5.89. The van der Waals surface area contributed by atoms with Crippen LogP contribution in [0, 0.1) is 0 Å². The van der Waals surface area contributed by atoms with Gasteiger partial charge in [0.1, 0.15) is 0 Å². The summed E-state index contributed by atoms with van der Waals surface area (Å²) in [5.41, 5.74) is 0.00367. The Labute approximate surface area is 94.2 Å². The number of rotatable bonds is 4. The molecular formula is C12H26N2O. The van der Waals surface area contributed by atoms with Crippen LogP contribution in [0.3, 0.4) is 0 Å². The summed E-state index contributed by atoms with van der Waals surface area (Å²) in [6.45, 7) is 12.0. The Morgan fingerprint density at radius 3 is 2.67 bits per heavy atom. The first-order valence-corrected chi connectivity index (χ1v) is 6.04. The second kappa shape index (κ2) is 5.28. The highest BCUT2D eigenvalue weighted by Gasteiger charge is 2.31. The Balaban J connectivity index is 2.47. The lowest BCUT2D eigenvalue weighted by molar-refractivity contribution is -0.129. The third kappa shape index (κ3) is 4.09. The van der Waals surface area contributed by atoms with Gasteiger partial charge >= 0.3 is 0 Å². The molecule has 0 aromatic carbocycles. The third-order valence-corrected chi connectivity index (χ3v) is 3.02. The molecule has 0 saturated carbocycles. The Morgan fingerprint density at radius 1 is 1.53 bits per heavy atom. The summed E-state index contributed by atoms with van der Waals surface area (Å²) in [6.07, 6.45) is 1.53. The van der Waals surface area contributed by atoms with Crippen molar-refractivity contribution in [3.05, 3.63) is 0 Å². The van der Waals surface area contributed by atoms with Crippen molar-refractivity contribution >= 4 is 0 Å². The van der Waals surface area contributed by atoms with Gasteiger partial charge in [-0.15, -0.1) is 0 Å². The third-order valence-electron chi connectivity index (χ3n) is 3.02. The Hall–Kier alpha value is -0.120. The number of hydrogen-bond acceptors (Lipinski definition) is 3. The molecule has 0 radical (unpaired) electrons. The molecule has 90 valence electrons. The van der Waals surface area contributed by atoms with E-state index in [0.717, 1.165) is 19.6 Å². The first-order chi connectivity index (χ1) is 6.96. The summed E-state index contributed by atoms with van der Waals surface area (Å²) in [5, 5.41) is 3.36. The maximum Gasteiger partial charge on any atom is 0.0757 e. The molecule has 1 rings (SSSR count). The van der Waals surface area contributed by atoms with E-state index in [0.29, 0.717) is 12.1 Å². The van der Waals surface area contributed by atoms with Gasteiger partial charge in [0.2, 0.25) is 0 Å². The molecule has 0 aliphatic carbocycles. The highest BCUT2D eigenvalue weighted by molar-refractivity contribution is 4.84. The van der Waals surface area contributed by atoms with E-state index in [2.05, 4.69) is 37.9 Å². The average Bonchev–Trinajstić information content (AvgIpc) is 2.10. The van der Waals surface area contributed by atoms with Crippen LogP contribution in [0.5, 0.6) is 0 Å². The van der Waals surface area contributed by atoms with E-state index in [9.17, 15) is 0 Å². The van der Waals surface area contributed by atoms with Crippen molar-refractivity contribution in [2.45, 2.75) is 51.9 Å². The summed E-state index contributed by atoms with van der Waals surface area (Å²) >= 11 is 0. The molecule has 0 amide bonds. The smallest absolute Gasteiger partial charge is 0.0757 e. The lowest BCUT2D eigenvalue weighted by Gasteiger charge is -2.42. The molecule has 0 aromatic rings. The molecule has 3 nitrogen and oxygen atoms in total. The largest absolute Gasteiger partial charge is 0.370 e. The van der Waals surface area contributed by atoms with E-state index in [-0.39, 0.29) is 5.60 Å². The Kier molecular flexibility index (Phi) is 4.56. The van der Waals surface area contributed by atoms with Crippen LogP contribution in [0.2, 0.25) is 0 Å². The topological polar surface area (TPSA) is 24.5 Å². The summed E-state index contributed by atoms with van der Waals surface area (Å²) in [6, 6.07) is 0.603. The molecule has 1 heterocycles. The van der Waals surface area contributed by atoms with Crippen molar-refractivity contribution in [3.63, 3.8) is 0 Å². The molecule has 0 aromatic heterocycles. The minimum Gasteiger partial charge on any atom is -0.370 e. The zero-order valence-corrected chi connectivity index (χ0v) is 10.8. The van der Waals surface area contributed by atoms with E-state index in [1.54, 1.807) is 0 Å². The number of likely N-dealkylation sites (N-methyl/N-ethyl adjacent to an activating group) is 1. The molecule has 2 unspecified atom stereocenters. The van der Waals surface area contributed by atoms with E-state index < -0.39 is 0 Å². The molecule has 1 fully saturated rings. The monoisotopic (exact) mass is 214 g/mol. The fourth-order valence-corrected chi connectivity index (χ4v) is 2.46. The summed E-state index contributed by atoms with van der Waals surface area (Å²) in [4.78, 5) is 2.51. The van der Waals surface area contributed by atoms with E-state index >= 15 is 0 Å². The highest BCUT2D eigenvalue weighted by atomic mass is 16.5. The van der Waals surface area contributed by atoms with Gasteiger partial charge in [0, 0.05) is 25.7 Å². The SMILES string of the molecule is CCC(CN1CC(C)OC(C)(C)C1)NC. The number of nitrogens with zero attached hydrogens (tertiary/aromatic N) is 1. The lowest BCUT2D eigenvalue weighted by atomic mass is 10.0. The van der Waals surface area contributed by atoms with Crippen molar-refractivity contribution in [2.24, 2.45) is 0 Å². The average molecular weight is 214 g/mol. The molecule has 0 bridgehead atoms. The van der Waals surface area contributed by atoms with Crippen molar-refractivity contribution in [2.75, 3.05) is 26.7 Å². The van der Waals surface area contributed by atoms with Crippen LogP contribution in [0.1, 0.15) is 34.1 Å². The molecule has 2 atom stereocenters. The Morgan fingerprint density at radius 2 is 2.20 bits per heavy atom. The molecular weight excluding hydrogens is 188 g/mol. The van der Waals surface area contributed by atoms with Gasteiger partial charge in [-0.2, -0.15) is 0 Å². The molecule has 1 saturated heterocycles. The van der Waals surface area contributed by atoms with Crippen molar-refractivity contribution in [1.82, 2.24) is 10.2 Å². The summed E-state index contributed by atoms with van der Waals surface area (Å²) in [7, 11) is 2.04. The van der Waals surface area contributed by atoms with E-state index in [4.69, 9.17) is 4.74 Å². The fourth-order valence-electron chi connectivity index (χ4n) is 2.46. The zero-order valence-electron chi connectivity index (χ0n) is 10.8. The zero-order chi connectivity index (χ0) is 11.5. The maximum absolute atomic E-state index is 5.89. The van der Waals surface area contributed by atoms with Gasteiger partial charge in [-0.05, 0) is 34.2 Å². The van der Waals surface area contributed by atoms with Gasteiger partial charge in [-0.3, -0.25) is 4.90 Å². The van der Waals surface area contributed by atoms with Gasteiger partial charge in [0.05, 0.1) is 11.7 Å². The van der Waals surface area contributed by atoms with Gasteiger partial charge in [-0.1, -0.05) is 6.92 Å². The van der Waals surface area contributed by atoms with Crippen molar-refractivity contribution < 1.29 is 4.74 Å². The predicted octanol–water partition coefficient (Wildman–Crippen LogP) is 1.48. The first-order valence-electron chi connectivity index (χ1n) is 6.04. The highest BCUT2D eigenvalue weighted by Crippen LogP contribution is 2.20. The summed E-state index contributed by atoms with van der Waals surface area (Å²) in [5.74, 6) is 0. The quantitative estimate of drug-likeness (QED) is 0.767. The first kappa shape index (κ1) is 12.9. The van der Waals surface area contributed by atoms with Gasteiger partial charge in [-0.25, -0.2) is 0 Å². The van der Waals surface area contributed by atoms with Crippen molar-refractivity contribution in [3.8, 4) is 0 Å². The summed E-state index contributed by atoms with van der Waals surface area (Å²) < 4.78 is 5.89. The second-order valence-electron chi connectivity index (χ2n) is 5.28. The van der Waals surface area contributed by atoms with Crippen molar-refractivity contribution in [1.29, 1.82) is 0 Å². The molecule has 1 aliphatic heterocycles. The van der Waals surface area contributed by atoms with Gasteiger partial charge in [0.25, 0.3) is 0 Å². The van der Waals surface area contributed by atoms with Crippen LogP contribution >= 0.6 is 0 Å².